The highest BCUT2D eigenvalue weighted by molar-refractivity contribution is 5.89. The van der Waals surface area contributed by atoms with Crippen LogP contribution in [0.4, 0.5) is 0 Å². The van der Waals surface area contributed by atoms with Crippen molar-refractivity contribution in [3.63, 3.8) is 0 Å². The molecule has 0 aliphatic heterocycles. The van der Waals surface area contributed by atoms with Gasteiger partial charge in [-0.2, -0.15) is 0 Å². The van der Waals surface area contributed by atoms with Crippen molar-refractivity contribution >= 4 is 5.84 Å². The van der Waals surface area contributed by atoms with Gasteiger partial charge in [0.15, 0.2) is 5.84 Å². The van der Waals surface area contributed by atoms with E-state index >= 15 is 0 Å². The van der Waals surface area contributed by atoms with E-state index < -0.39 is 5.54 Å². The van der Waals surface area contributed by atoms with E-state index in [1.165, 1.54) is 0 Å². The lowest BCUT2D eigenvalue weighted by Crippen LogP contribution is -2.54. The largest absolute Gasteiger partial charge is 0.409 e. The fourth-order valence-electron chi connectivity index (χ4n) is 1.63. The molecule has 0 aromatic rings. The molecule has 1 rings (SSSR count). The first-order valence-electron chi connectivity index (χ1n) is 4.35. The molecule has 70 valence electrons. The summed E-state index contributed by atoms with van der Waals surface area (Å²) >= 11 is 0. The Balaban J connectivity index is 2.62. The van der Waals surface area contributed by atoms with Gasteiger partial charge in [-0.3, -0.25) is 0 Å². The maximum atomic E-state index is 8.50. The van der Waals surface area contributed by atoms with Crippen molar-refractivity contribution in [3.05, 3.63) is 0 Å². The van der Waals surface area contributed by atoms with Crippen LogP contribution in [0, 0.1) is 5.92 Å². The van der Waals surface area contributed by atoms with E-state index in [9.17, 15) is 0 Å². The van der Waals surface area contributed by atoms with Gasteiger partial charge in [0, 0.05) is 0 Å². The van der Waals surface area contributed by atoms with Crippen molar-refractivity contribution < 1.29 is 5.21 Å². The number of rotatable bonds is 1. The summed E-state index contributed by atoms with van der Waals surface area (Å²) in [5.41, 5.74) is 10.9. The third-order valence-corrected chi connectivity index (χ3v) is 2.78. The first kappa shape index (κ1) is 9.32. The molecule has 0 unspecified atom stereocenters. The molecule has 0 amide bonds. The number of hydrogen-bond acceptors (Lipinski definition) is 3. The van der Waals surface area contributed by atoms with Gasteiger partial charge < -0.3 is 16.7 Å². The van der Waals surface area contributed by atoms with Gasteiger partial charge in [0.25, 0.3) is 0 Å². The zero-order chi connectivity index (χ0) is 9.19. The molecule has 1 aliphatic carbocycles. The fraction of sp³-hybridized carbons (Fsp3) is 0.875. The molecular weight excluding hydrogens is 154 g/mol. The lowest BCUT2D eigenvalue weighted by atomic mass is 9.77. The molecule has 0 radical (unpaired) electrons. The Kier molecular flexibility index (Phi) is 2.57. The predicted molar refractivity (Wildman–Crippen MR) is 48.0 cm³/mol. The molecule has 0 aromatic heterocycles. The predicted octanol–water partition coefficient (Wildman–Crippen LogP) is 0.640. The van der Waals surface area contributed by atoms with Crippen LogP contribution < -0.4 is 11.5 Å². The molecule has 1 aliphatic rings. The van der Waals surface area contributed by atoms with Crippen molar-refractivity contribution in [1.82, 2.24) is 0 Å². The second kappa shape index (κ2) is 3.31. The zero-order valence-electron chi connectivity index (χ0n) is 7.45. The van der Waals surface area contributed by atoms with Crippen molar-refractivity contribution in [1.29, 1.82) is 0 Å². The van der Waals surface area contributed by atoms with E-state index in [0.29, 0.717) is 5.92 Å². The molecule has 1 saturated carbocycles. The second-order valence-corrected chi connectivity index (χ2v) is 3.82. The van der Waals surface area contributed by atoms with E-state index in [0.717, 1.165) is 25.7 Å². The number of nitrogens with two attached hydrogens (primary N) is 2. The summed E-state index contributed by atoms with van der Waals surface area (Å²) in [6.45, 7) is 2.20. The Bertz CT molecular complexity index is 183. The minimum absolute atomic E-state index is 0.175. The standard InChI is InChI=1S/C8H17N3O/c1-6-2-4-8(10,5-3-6)7(9)11-12/h6,12H,2-5,10H2,1H3,(H2,9,11). The molecular formula is C8H17N3O. The lowest BCUT2D eigenvalue weighted by molar-refractivity contribution is 0.279. The van der Waals surface area contributed by atoms with E-state index in [1.807, 2.05) is 0 Å². The van der Waals surface area contributed by atoms with Crippen molar-refractivity contribution in [2.75, 3.05) is 0 Å². The van der Waals surface area contributed by atoms with Gasteiger partial charge in [0.1, 0.15) is 0 Å². The van der Waals surface area contributed by atoms with Crippen LogP contribution >= 0.6 is 0 Å². The highest BCUT2D eigenvalue weighted by Crippen LogP contribution is 2.29. The summed E-state index contributed by atoms with van der Waals surface area (Å²) in [5, 5.41) is 11.5. The van der Waals surface area contributed by atoms with Gasteiger partial charge in [-0.05, 0) is 31.6 Å². The Hall–Kier alpha value is -0.770. The van der Waals surface area contributed by atoms with Gasteiger partial charge in [0.2, 0.25) is 0 Å². The van der Waals surface area contributed by atoms with Crippen LogP contribution in [0.5, 0.6) is 0 Å². The van der Waals surface area contributed by atoms with Crippen LogP contribution in [-0.2, 0) is 0 Å². The van der Waals surface area contributed by atoms with Gasteiger partial charge in [-0.25, -0.2) is 0 Å². The minimum Gasteiger partial charge on any atom is -0.409 e. The first-order valence-corrected chi connectivity index (χ1v) is 4.35. The molecule has 0 aromatic carbocycles. The maximum Gasteiger partial charge on any atom is 0.159 e. The summed E-state index contributed by atoms with van der Waals surface area (Å²) in [6.07, 6.45) is 3.77. The minimum atomic E-state index is -0.554. The van der Waals surface area contributed by atoms with Crippen LogP contribution in [0.15, 0.2) is 5.16 Å². The van der Waals surface area contributed by atoms with E-state index in [2.05, 4.69) is 12.1 Å². The molecule has 0 heterocycles. The second-order valence-electron chi connectivity index (χ2n) is 3.82. The van der Waals surface area contributed by atoms with Gasteiger partial charge in [0.05, 0.1) is 5.54 Å². The molecule has 0 saturated heterocycles. The molecule has 1 fully saturated rings. The first-order chi connectivity index (χ1) is 5.58. The fourth-order valence-corrected chi connectivity index (χ4v) is 1.63. The van der Waals surface area contributed by atoms with Gasteiger partial charge in [-0.15, -0.1) is 0 Å². The summed E-state index contributed by atoms with van der Waals surface area (Å²) < 4.78 is 0. The molecule has 0 bridgehead atoms. The average Bonchev–Trinajstić information content (AvgIpc) is 2.09. The van der Waals surface area contributed by atoms with Crippen LogP contribution in [0.3, 0.4) is 0 Å². The summed E-state index contributed by atoms with van der Waals surface area (Å²) in [4.78, 5) is 0. The number of amidine groups is 1. The Morgan fingerprint density at radius 1 is 1.50 bits per heavy atom. The van der Waals surface area contributed by atoms with Gasteiger partial charge in [-0.1, -0.05) is 12.1 Å². The average molecular weight is 171 g/mol. The van der Waals surface area contributed by atoms with Crippen molar-refractivity contribution in [2.24, 2.45) is 22.5 Å². The smallest absolute Gasteiger partial charge is 0.159 e. The van der Waals surface area contributed by atoms with Crippen LogP contribution in [0.2, 0.25) is 0 Å². The molecule has 0 atom stereocenters. The highest BCUT2D eigenvalue weighted by Gasteiger charge is 2.34. The summed E-state index contributed by atoms with van der Waals surface area (Å²) in [5.74, 6) is 0.891. The van der Waals surface area contributed by atoms with Crippen molar-refractivity contribution in [3.8, 4) is 0 Å². The maximum absolute atomic E-state index is 8.50. The molecule has 12 heavy (non-hydrogen) atoms. The van der Waals surface area contributed by atoms with Crippen LogP contribution in [0.1, 0.15) is 32.6 Å². The summed E-state index contributed by atoms with van der Waals surface area (Å²) in [6, 6.07) is 0. The summed E-state index contributed by atoms with van der Waals surface area (Å²) in [7, 11) is 0. The van der Waals surface area contributed by atoms with Crippen LogP contribution in [0.25, 0.3) is 0 Å². The molecule has 5 N–H and O–H groups in total. The normalized spacial score (nSPS) is 38.2. The molecule has 4 heteroatoms. The molecule has 0 spiro atoms. The SMILES string of the molecule is CC1CCC(N)(/C(N)=N/O)CC1. The van der Waals surface area contributed by atoms with Gasteiger partial charge >= 0.3 is 0 Å². The van der Waals surface area contributed by atoms with E-state index in [-0.39, 0.29) is 5.84 Å². The number of hydrogen-bond donors (Lipinski definition) is 3. The van der Waals surface area contributed by atoms with E-state index in [4.69, 9.17) is 16.7 Å². The monoisotopic (exact) mass is 171 g/mol. The lowest BCUT2D eigenvalue weighted by Gasteiger charge is -2.34. The zero-order valence-corrected chi connectivity index (χ0v) is 7.45. The third-order valence-electron chi connectivity index (χ3n) is 2.78. The highest BCUT2D eigenvalue weighted by atomic mass is 16.4. The quantitative estimate of drug-likeness (QED) is 0.234. The van der Waals surface area contributed by atoms with E-state index in [1.54, 1.807) is 0 Å². The Morgan fingerprint density at radius 3 is 2.42 bits per heavy atom. The Morgan fingerprint density at radius 2 is 2.00 bits per heavy atom. The topological polar surface area (TPSA) is 84.6 Å². The molecule has 4 nitrogen and oxygen atoms in total. The van der Waals surface area contributed by atoms with Crippen molar-refractivity contribution in [2.45, 2.75) is 38.1 Å². The van der Waals surface area contributed by atoms with Crippen LogP contribution in [-0.4, -0.2) is 16.6 Å². The third kappa shape index (κ3) is 1.69. The number of nitrogens with zero attached hydrogens (tertiary/aromatic N) is 1. The Labute approximate surface area is 72.6 Å². The number of oxime groups is 1.